The summed E-state index contributed by atoms with van der Waals surface area (Å²) in [5, 5.41) is 18.9. The van der Waals surface area contributed by atoms with Crippen LogP contribution in [0.1, 0.15) is 25.7 Å². The monoisotopic (exact) mass is 219 g/mol. The minimum Gasteiger partial charge on any atom is -0.389 e. The van der Waals surface area contributed by atoms with Crippen molar-refractivity contribution in [1.82, 2.24) is 4.31 Å². The molecule has 1 aliphatic heterocycles. The van der Waals surface area contributed by atoms with Crippen LogP contribution >= 0.6 is 0 Å². The summed E-state index contributed by atoms with van der Waals surface area (Å²) in [5.41, 5.74) is 0. The molecule has 0 amide bonds. The number of hydrogen-bond acceptors (Lipinski definition) is 3. The summed E-state index contributed by atoms with van der Waals surface area (Å²) in [4.78, 5) is 0. The molecule has 0 bridgehead atoms. The predicted molar refractivity (Wildman–Crippen MR) is 54.0 cm³/mol. The summed E-state index contributed by atoms with van der Waals surface area (Å²) in [6.07, 6.45) is 2.93. The van der Waals surface area contributed by atoms with Crippen molar-refractivity contribution < 1.29 is 14.4 Å². The van der Waals surface area contributed by atoms with Gasteiger partial charge in [-0.3, -0.25) is 0 Å². The van der Waals surface area contributed by atoms with Gasteiger partial charge in [-0.15, -0.1) is 0 Å². The molecule has 0 aromatic carbocycles. The molecule has 0 radical (unpaired) electrons. The number of rotatable bonds is 2. The Bertz CT molecular complexity index is 220. The Balaban J connectivity index is 1.92. The van der Waals surface area contributed by atoms with E-state index < -0.39 is 23.2 Å². The molecule has 0 aromatic rings. The molecular formula is C9H17NO3S. The fourth-order valence-electron chi connectivity index (χ4n) is 2.18. The molecular weight excluding hydrogens is 202 g/mol. The van der Waals surface area contributed by atoms with Crippen molar-refractivity contribution in [3.63, 3.8) is 0 Å². The maximum absolute atomic E-state index is 12.0. The third-order valence-corrected chi connectivity index (χ3v) is 4.92. The second kappa shape index (κ2) is 4.26. The minimum absolute atomic E-state index is 0.257. The molecule has 2 N–H and O–H groups in total. The first-order valence-corrected chi connectivity index (χ1v) is 6.37. The fraction of sp³-hybridized carbons (Fsp3) is 1.00. The van der Waals surface area contributed by atoms with Crippen molar-refractivity contribution in [2.45, 2.75) is 43.1 Å². The second-order valence-corrected chi connectivity index (χ2v) is 5.90. The number of aliphatic hydroxyl groups is 2. The zero-order valence-electron chi connectivity index (χ0n) is 8.13. The Morgan fingerprint density at radius 2 is 1.57 bits per heavy atom. The maximum atomic E-state index is 12.0. The average Bonchev–Trinajstić information content (AvgIpc) is 2.76. The highest BCUT2D eigenvalue weighted by atomic mass is 32.2. The van der Waals surface area contributed by atoms with Gasteiger partial charge in [-0.25, -0.2) is 8.51 Å². The molecule has 4 nitrogen and oxygen atoms in total. The Morgan fingerprint density at radius 1 is 1.07 bits per heavy atom. The molecule has 1 unspecified atom stereocenters. The van der Waals surface area contributed by atoms with Crippen molar-refractivity contribution in [2.75, 3.05) is 13.1 Å². The largest absolute Gasteiger partial charge is 0.389 e. The molecule has 0 spiro atoms. The van der Waals surface area contributed by atoms with E-state index in [1.165, 1.54) is 0 Å². The van der Waals surface area contributed by atoms with Crippen LogP contribution in [-0.4, -0.2) is 49.3 Å². The number of aliphatic hydroxyl groups excluding tert-OH is 2. The van der Waals surface area contributed by atoms with E-state index in [4.69, 9.17) is 0 Å². The van der Waals surface area contributed by atoms with Crippen LogP contribution in [0.4, 0.5) is 0 Å². The van der Waals surface area contributed by atoms with Gasteiger partial charge in [0.1, 0.15) is 0 Å². The lowest BCUT2D eigenvalue weighted by Crippen LogP contribution is -2.31. The molecule has 2 fully saturated rings. The van der Waals surface area contributed by atoms with Crippen LogP contribution in [0.3, 0.4) is 0 Å². The van der Waals surface area contributed by atoms with Crippen molar-refractivity contribution in [3.05, 3.63) is 0 Å². The van der Waals surface area contributed by atoms with Crippen LogP contribution in [0.15, 0.2) is 0 Å². The predicted octanol–water partition coefficient (Wildman–Crippen LogP) is -0.370. The van der Waals surface area contributed by atoms with Crippen molar-refractivity contribution in [2.24, 2.45) is 0 Å². The molecule has 1 aliphatic carbocycles. The van der Waals surface area contributed by atoms with Crippen molar-refractivity contribution in [3.8, 4) is 0 Å². The topological polar surface area (TPSA) is 60.8 Å². The van der Waals surface area contributed by atoms with E-state index in [1.807, 2.05) is 0 Å². The van der Waals surface area contributed by atoms with Crippen LogP contribution in [-0.2, 0) is 11.0 Å². The molecule has 0 aromatic heterocycles. The van der Waals surface area contributed by atoms with Crippen molar-refractivity contribution in [1.29, 1.82) is 0 Å². The molecule has 2 aliphatic rings. The highest BCUT2D eigenvalue weighted by Crippen LogP contribution is 2.26. The van der Waals surface area contributed by atoms with Crippen LogP contribution in [0.2, 0.25) is 0 Å². The summed E-state index contributed by atoms with van der Waals surface area (Å²) in [6, 6.07) is 0. The van der Waals surface area contributed by atoms with E-state index in [0.29, 0.717) is 13.1 Å². The summed E-state index contributed by atoms with van der Waals surface area (Å²) in [7, 11) is -0.999. The van der Waals surface area contributed by atoms with Crippen molar-refractivity contribution >= 4 is 11.0 Å². The molecule has 1 saturated heterocycles. The highest BCUT2D eigenvalue weighted by molar-refractivity contribution is 7.83. The lowest BCUT2D eigenvalue weighted by molar-refractivity contribution is 0.0572. The van der Waals surface area contributed by atoms with Gasteiger partial charge in [0.15, 0.2) is 0 Å². The first-order valence-electron chi connectivity index (χ1n) is 5.20. The van der Waals surface area contributed by atoms with Crippen LogP contribution in [0, 0.1) is 0 Å². The van der Waals surface area contributed by atoms with E-state index >= 15 is 0 Å². The standard InChI is InChI=1S/C9H17NO3S/c11-8-5-10(6-9(8)12)14(13)7-3-1-2-4-7/h7-9,11-12H,1-6H2/t8-,9+,14?. The second-order valence-electron chi connectivity index (χ2n) is 4.16. The first kappa shape index (κ1) is 10.5. The van der Waals surface area contributed by atoms with E-state index in [-0.39, 0.29) is 5.25 Å². The molecule has 2 rings (SSSR count). The van der Waals surface area contributed by atoms with Gasteiger partial charge in [-0.1, -0.05) is 12.8 Å². The minimum atomic E-state index is -0.999. The van der Waals surface area contributed by atoms with Gasteiger partial charge in [0.05, 0.1) is 23.2 Å². The Labute approximate surface area is 86.5 Å². The molecule has 14 heavy (non-hydrogen) atoms. The van der Waals surface area contributed by atoms with Gasteiger partial charge < -0.3 is 10.2 Å². The average molecular weight is 219 g/mol. The van der Waals surface area contributed by atoms with E-state index in [0.717, 1.165) is 25.7 Å². The third kappa shape index (κ3) is 2.00. The smallest absolute Gasteiger partial charge is 0.0976 e. The molecule has 5 heteroatoms. The SMILES string of the molecule is O=S(C1CCCC1)N1C[C@@H](O)[C@@H](O)C1. The normalized spacial score (nSPS) is 37.9. The Morgan fingerprint density at radius 3 is 2.07 bits per heavy atom. The lowest BCUT2D eigenvalue weighted by Gasteiger charge is -2.18. The van der Waals surface area contributed by atoms with Gasteiger partial charge in [0.2, 0.25) is 0 Å². The number of hydrogen-bond donors (Lipinski definition) is 2. The quantitative estimate of drug-likeness (QED) is 0.666. The highest BCUT2D eigenvalue weighted by Gasteiger charge is 2.36. The zero-order valence-corrected chi connectivity index (χ0v) is 8.95. The van der Waals surface area contributed by atoms with E-state index in [9.17, 15) is 14.4 Å². The van der Waals surface area contributed by atoms with Crippen LogP contribution in [0.25, 0.3) is 0 Å². The molecule has 3 atom stereocenters. The van der Waals surface area contributed by atoms with E-state index in [1.54, 1.807) is 4.31 Å². The fourth-order valence-corrected chi connectivity index (χ4v) is 3.94. The lowest BCUT2D eigenvalue weighted by atomic mass is 10.3. The summed E-state index contributed by atoms with van der Waals surface area (Å²) < 4.78 is 13.7. The first-order chi connectivity index (χ1) is 6.68. The van der Waals surface area contributed by atoms with Gasteiger partial charge in [0, 0.05) is 18.3 Å². The van der Waals surface area contributed by atoms with Gasteiger partial charge >= 0.3 is 0 Å². The molecule has 82 valence electrons. The van der Waals surface area contributed by atoms with Gasteiger partial charge in [0.25, 0.3) is 0 Å². The summed E-state index contributed by atoms with van der Waals surface area (Å²) in [6.45, 7) is 0.703. The van der Waals surface area contributed by atoms with Crippen LogP contribution in [0.5, 0.6) is 0 Å². The third-order valence-electron chi connectivity index (χ3n) is 3.07. The molecule has 1 heterocycles. The number of nitrogens with zero attached hydrogens (tertiary/aromatic N) is 1. The van der Waals surface area contributed by atoms with Gasteiger partial charge in [-0.2, -0.15) is 0 Å². The zero-order chi connectivity index (χ0) is 10.1. The van der Waals surface area contributed by atoms with Crippen LogP contribution < -0.4 is 0 Å². The number of β-amino-alcohol motifs (C(OH)–C–C–N with tert-alkyl or cyclic N) is 2. The van der Waals surface area contributed by atoms with Gasteiger partial charge in [-0.05, 0) is 12.8 Å². The maximum Gasteiger partial charge on any atom is 0.0976 e. The Hall–Kier alpha value is 0.0300. The summed E-state index contributed by atoms with van der Waals surface area (Å²) in [5.74, 6) is 0. The summed E-state index contributed by atoms with van der Waals surface area (Å²) >= 11 is 0. The van der Waals surface area contributed by atoms with E-state index in [2.05, 4.69) is 0 Å². The molecule has 1 saturated carbocycles. The Kier molecular flexibility index (Phi) is 3.21.